The number of ether oxygens (including phenoxy) is 3. The summed E-state index contributed by atoms with van der Waals surface area (Å²) in [4.78, 5) is 43.9. The van der Waals surface area contributed by atoms with Crippen molar-refractivity contribution < 1.29 is 28.6 Å². The number of carbonyl (C=O) groups is 3. The Labute approximate surface area is 258 Å². The van der Waals surface area contributed by atoms with Crippen molar-refractivity contribution in [2.75, 3.05) is 20.1 Å². The van der Waals surface area contributed by atoms with Gasteiger partial charge in [-0.2, -0.15) is 0 Å². The summed E-state index contributed by atoms with van der Waals surface area (Å²) in [7, 11) is 1.83. The summed E-state index contributed by atoms with van der Waals surface area (Å²) in [5.74, 6) is 0.812. The molecule has 222 valence electrons. The van der Waals surface area contributed by atoms with Crippen LogP contribution in [0.1, 0.15) is 62.0 Å². The van der Waals surface area contributed by atoms with Crippen LogP contribution in [0.5, 0.6) is 11.5 Å². The molecule has 1 aromatic heterocycles. The number of likely N-dealkylation sites (N-methyl/N-ethyl adjacent to an activating group) is 1. The highest BCUT2D eigenvalue weighted by molar-refractivity contribution is 9.10. The Morgan fingerprint density at radius 1 is 1.19 bits per heavy atom. The smallest absolute Gasteiger partial charge is 0.308 e. The zero-order valence-corrected chi connectivity index (χ0v) is 26.5. The average molecular weight is 656 g/mol. The highest BCUT2D eigenvalue weighted by atomic mass is 79.9. The number of benzene rings is 1. The molecular formula is C32H35BrN2O6S. The molecule has 8 nitrogen and oxygen atoms in total. The molecule has 0 radical (unpaired) electrons. The molecule has 1 amide bonds. The molecule has 2 aliphatic heterocycles. The standard InChI is InChI=1S/C32H35BrN2O6S/c1-18(36)39-25-8-6-21-14-26-32(41-19(2)37)11-10-24(34(3)27(38)9-7-23-15-22(33)17-42-23)30-31(32,28(21)29(25)40-30)12-13-35(26)16-20-4-5-20/h6-9,15,17,20,24,26,30H,4-5,10-14,16H2,1-3H3/b9-7+/t24-,26-,30+,31+,32-/m1/s1. The maximum atomic E-state index is 13.6. The Morgan fingerprint density at radius 3 is 2.69 bits per heavy atom. The minimum absolute atomic E-state index is 0.0130. The van der Waals surface area contributed by atoms with Gasteiger partial charge in [0, 0.05) is 53.8 Å². The highest BCUT2D eigenvalue weighted by Gasteiger charge is 2.75. The van der Waals surface area contributed by atoms with Crippen LogP contribution in [-0.2, 0) is 31.0 Å². The number of likely N-dealkylation sites (tertiary alicyclic amines) is 1. The molecule has 0 N–H and O–H groups in total. The highest BCUT2D eigenvalue weighted by Crippen LogP contribution is 2.67. The van der Waals surface area contributed by atoms with Gasteiger partial charge in [0.1, 0.15) is 11.7 Å². The third kappa shape index (κ3) is 4.27. The van der Waals surface area contributed by atoms with Crippen molar-refractivity contribution in [1.29, 1.82) is 0 Å². The lowest BCUT2D eigenvalue weighted by Gasteiger charge is -2.65. The van der Waals surface area contributed by atoms with Gasteiger partial charge in [-0.1, -0.05) is 6.07 Å². The van der Waals surface area contributed by atoms with E-state index >= 15 is 0 Å². The predicted molar refractivity (Wildman–Crippen MR) is 162 cm³/mol. The largest absolute Gasteiger partial charge is 0.483 e. The van der Waals surface area contributed by atoms with E-state index in [1.54, 1.807) is 22.3 Å². The van der Waals surface area contributed by atoms with Crippen molar-refractivity contribution in [1.82, 2.24) is 9.80 Å². The van der Waals surface area contributed by atoms with Crippen molar-refractivity contribution in [3.8, 4) is 11.5 Å². The number of esters is 2. The summed E-state index contributed by atoms with van der Waals surface area (Å²) >= 11 is 5.04. The second-order valence-corrected chi connectivity index (χ2v) is 14.3. The number of piperidine rings is 1. The van der Waals surface area contributed by atoms with Gasteiger partial charge in [-0.25, -0.2) is 0 Å². The quantitative estimate of drug-likeness (QED) is 0.233. The van der Waals surface area contributed by atoms with Crippen LogP contribution < -0.4 is 9.47 Å². The van der Waals surface area contributed by atoms with Crippen LogP contribution in [0.25, 0.3) is 6.08 Å². The van der Waals surface area contributed by atoms with Gasteiger partial charge in [0.2, 0.25) is 5.91 Å². The fourth-order valence-corrected chi connectivity index (χ4v) is 9.70. The van der Waals surface area contributed by atoms with E-state index in [1.807, 2.05) is 30.6 Å². The lowest BCUT2D eigenvalue weighted by molar-refractivity contribution is -0.223. The average Bonchev–Trinajstić information content (AvgIpc) is 3.54. The third-order valence-electron chi connectivity index (χ3n) is 10.1. The van der Waals surface area contributed by atoms with Crippen LogP contribution in [0.15, 0.2) is 34.1 Å². The first-order chi connectivity index (χ1) is 20.1. The minimum atomic E-state index is -0.802. The molecule has 1 saturated heterocycles. The Balaban J connectivity index is 1.33. The SMILES string of the molecule is CC(=O)Oc1ccc2c3c1O[C@H]1[C@H](N(C)C(=O)/C=C/c4cc(Br)cs4)CC[C@@]4(OC(C)=O)[C@@H](C2)N(CC2CC2)CC[C@]314. The molecule has 2 bridgehead atoms. The number of thiophene rings is 1. The molecule has 7 rings (SSSR count). The molecule has 5 aliphatic rings. The van der Waals surface area contributed by atoms with Crippen LogP contribution in [0.4, 0.5) is 0 Å². The summed E-state index contributed by atoms with van der Waals surface area (Å²) in [6.07, 6.45) is 8.21. The van der Waals surface area contributed by atoms with Gasteiger partial charge < -0.3 is 19.1 Å². The molecule has 3 aliphatic carbocycles. The van der Waals surface area contributed by atoms with Gasteiger partial charge in [-0.05, 0) is 90.7 Å². The fourth-order valence-electron chi connectivity index (χ4n) is 8.36. The fraction of sp³-hybridized carbons (Fsp3) is 0.531. The van der Waals surface area contributed by atoms with E-state index in [1.165, 1.54) is 26.7 Å². The molecule has 42 heavy (non-hydrogen) atoms. The number of nitrogens with zero attached hydrogens (tertiary/aromatic N) is 2. The first-order valence-corrected chi connectivity index (χ1v) is 16.4. The summed E-state index contributed by atoms with van der Waals surface area (Å²) in [6, 6.07) is 5.61. The molecular weight excluding hydrogens is 620 g/mol. The van der Waals surface area contributed by atoms with Gasteiger partial charge in [0.25, 0.3) is 0 Å². The number of hydrogen-bond donors (Lipinski definition) is 0. The van der Waals surface area contributed by atoms with Crippen LogP contribution in [-0.4, -0.2) is 71.6 Å². The zero-order chi connectivity index (χ0) is 29.4. The predicted octanol–water partition coefficient (Wildman–Crippen LogP) is 5.11. The van der Waals surface area contributed by atoms with Crippen LogP contribution in [0, 0.1) is 5.92 Å². The van der Waals surface area contributed by atoms with E-state index in [4.69, 9.17) is 14.2 Å². The van der Waals surface area contributed by atoms with E-state index in [-0.39, 0.29) is 24.0 Å². The topological polar surface area (TPSA) is 85.4 Å². The first kappa shape index (κ1) is 28.1. The normalized spacial score (nSPS) is 30.9. The maximum Gasteiger partial charge on any atom is 0.308 e. The molecule has 5 atom stereocenters. The molecule has 2 saturated carbocycles. The van der Waals surface area contributed by atoms with Crippen LogP contribution >= 0.6 is 27.3 Å². The Bertz CT molecular complexity index is 1500. The van der Waals surface area contributed by atoms with Crippen molar-refractivity contribution in [3.05, 3.63) is 50.1 Å². The van der Waals surface area contributed by atoms with Crippen molar-refractivity contribution in [3.63, 3.8) is 0 Å². The lowest BCUT2D eigenvalue weighted by Crippen LogP contribution is -2.79. The van der Waals surface area contributed by atoms with E-state index in [9.17, 15) is 14.4 Å². The lowest BCUT2D eigenvalue weighted by atomic mass is 9.48. The summed E-state index contributed by atoms with van der Waals surface area (Å²) < 4.78 is 20.1. The van der Waals surface area contributed by atoms with Gasteiger partial charge in [0.15, 0.2) is 11.5 Å². The van der Waals surface area contributed by atoms with Crippen molar-refractivity contribution in [2.24, 2.45) is 5.92 Å². The van der Waals surface area contributed by atoms with Crippen molar-refractivity contribution >= 4 is 51.2 Å². The monoisotopic (exact) mass is 654 g/mol. The Kier molecular flexibility index (Phi) is 6.82. The Hall–Kier alpha value is -2.69. The minimum Gasteiger partial charge on any atom is -0.483 e. The molecule has 1 aromatic carbocycles. The van der Waals surface area contributed by atoms with E-state index < -0.39 is 23.1 Å². The first-order valence-electron chi connectivity index (χ1n) is 14.8. The molecule has 3 heterocycles. The zero-order valence-electron chi connectivity index (χ0n) is 24.1. The molecule has 10 heteroatoms. The number of hydrogen-bond acceptors (Lipinski definition) is 8. The molecule has 1 spiro atoms. The van der Waals surface area contributed by atoms with Gasteiger partial charge in [0.05, 0.1) is 17.5 Å². The number of halogens is 1. The summed E-state index contributed by atoms with van der Waals surface area (Å²) in [5.41, 5.74) is 0.680. The van der Waals surface area contributed by atoms with E-state index in [2.05, 4.69) is 26.9 Å². The number of rotatable bonds is 7. The molecule has 3 fully saturated rings. The molecule has 2 aromatic rings. The van der Waals surface area contributed by atoms with Crippen molar-refractivity contribution in [2.45, 2.75) is 81.6 Å². The van der Waals surface area contributed by atoms with Crippen LogP contribution in [0.2, 0.25) is 0 Å². The van der Waals surface area contributed by atoms with Gasteiger partial charge in [-0.3, -0.25) is 19.3 Å². The van der Waals surface area contributed by atoms with E-state index in [0.717, 1.165) is 46.4 Å². The number of amides is 1. The van der Waals surface area contributed by atoms with Gasteiger partial charge in [-0.15, -0.1) is 11.3 Å². The molecule has 0 unspecified atom stereocenters. The summed E-state index contributed by atoms with van der Waals surface area (Å²) in [6.45, 7) is 4.75. The summed E-state index contributed by atoms with van der Waals surface area (Å²) in [5, 5.41) is 1.99. The Morgan fingerprint density at radius 2 is 2.00 bits per heavy atom. The maximum absolute atomic E-state index is 13.6. The third-order valence-corrected chi connectivity index (χ3v) is 11.7. The van der Waals surface area contributed by atoms with Crippen LogP contribution in [0.3, 0.4) is 0 Å². The number of carbonyl (C=O) groups excluding carboxylic acids is 3. The second-order valence-electron chi connectivity index (χ2n) is 12.5. The van der Waals surface area contributed by atoms with Gasteiger partial charge >= 0.3 is 11.9 Å². The van der Waals surface area contributed by atoms with E-state index in [0.29, 0.717) is 30.3 Å². The second kappa shape index (κ2) is 10.2.